The van der Waals surface area contributed by atoms with Crippen LogP contribution in [0.4, 0.5) is 0 Å². The number of carbonyl (C=O) groups excluding carboxylic acids is 3. The summed E-state index contributed by atoms with van der Waals surface area (Å²) in [5.74, 6) is -1.33. The Morgan fingerprint density at radius 3 is 2.59 bits per heavy atom. The van der Waals surface area contributed by atoms with Crippen molar-refractivity contribution in [3.8, 4) is 0 Å². The molecule has 7 nitrogen and oxygen atoms in total. The topological polar surface area (TPSA) is 98.7 Å². The van der Waals surface area contributed by atoms with Gasteiger partial charge in [0, 0.05) is 30.5 Å². The van der Waals surface area contributed by atoms with Crippen molar-refractivity contribution in [1.82, 2.24) is 15.5 Å². The predicted molar refractivity (Wildman–Crippen MR) is 124 cm³/mol. The molecule has 1 aromatic rings. The van der Waals surface area contributed by atoms with Gasteiger partial charge in [-0.05, 0) is 45.6 Å². The van der Waals surface area contributed by atoms with Gasteiger partial charge in [0.15, 0.2) is 0 Å². The molecule has 0 aromatic heterocycles. The first-order chi connectivity index (χ1) is 15.2. The molecule has 0 aliphatic carbocycles. The molecule has 3 fully saturated rings. The minimum absolute atomic E-state index is 0.0460. The fraction of sp³-hybridized carbons (Fsp3) is 0.625. The van der Waals surface area contributed by atoms with Gasteiger partial charge in [-0.15, -0.1) is 11.8 Å². The summed E-state index contributed by atoms with van der Waals surface area (Å²) < 4.78 is -0.582. The summed E-state index contributed by atoms with van der Waals surface area (Å²) in [6, 6.07) is 9.10. The van der Waals surface area contributed by atoms with E-state index >= 15 is 0 Å². The monoisotopic (exact) mass is 459 g/mol. The maximum Gasteiger partial charge on any atom is 0.244 e. The van der Waals surface area contributed by atoms with Crippen molar-refractivity contribution in [2.24, 2.45) is 11.8 Å². The Hall–Kier alpha value is -2.06. The van der Waals surface area contributed by atoms with Crippen LogP contribution in [0, 0.1) is 11.8 Å². The molecule has 174 valence electrons. The molecule has 3 saturated heterocycles. The largest absolute Gasteiger partial charge is 0.396 e. The van der Waals surface area contributed by atoms with Crippen LogP contribution in [-0.4, -0.2) is 62.5 Å². The van der Waals surface area contributed by atoms with Crippen LogP contribution in [0.2, 0.25) is 0 Å². The van der Waals surface area contributed by atoms with E-state index in [4.69, 9.17) is 0 Å². The Balaban J connectivity index is 1.60. The number of likely N-dealkylation sites (tertiary alicyclic amines) is 1. The molecule has 3 N–H and O–H groups in total. The number of amides is 3. The van der Waals surface area contributed by atoms with Gasteiger partial charge in [-0.2, -0.15) is 0 Å². The number of nitrogens with zero attached hydrogens (tertiary/aromatic N) is 1. The standard InChI is InChI=1S/C24H33N3O4S/c1-23(2,3)26-21(30)19-24-11-10-16(32-24)17(18(24)22(31)27(19)12-7-13-28)20(29)25-14-15-8-5-4-6-9-15/h4-6,8-9,16-19,28H,7,10-14H2,1-3H3,(H,25,29)(H,26,30)/t16-,17+,18-,19?,24?/m0/s1. The Kier molecular flexibility index (Phi) is 6.29. The lowest BCUT2D eigenvalue weighted by Gasteiger charge is -2.36. The summed E-state index contributed by atoms with van der Waals surface area (Å²) in [5.41, 5.74) is 0.585. The summed E-state index contributed by atoms with van der Waals surface area (Å²) in [5, 5.41) is 15.5. The highest BCUT2D eigenvalue weighted by molar-refractivity contribution is 8.02. The summed E-state index contributed by atoms with van der Waals surface area (Å²) in [6.45, 7) is 6.46. The van der Waals surface area contributed by atoms with Gasteiger partial charge in [-0.1, -0.05) is 30.3 Å². The summed E-state index contributed by atoms with van der Waals surface area (Å²) in [6.07, 6.45) is 1.98. The van der Waals surface area contributed by atoms with Crippen LogP contribution in [0.15, 0.2) is 30.3 Å². The molecule has 3 aliphatic rings. The second kappa shape index (κ2) is 8.71. The quantitative estimate of drug-likeness (QED) is 0.576. The van der Waals surface area contributed by atoms with Crippen LogP contribution in [0.25, 0.3) is 0 Å². The zero-order valence-electron chi connectivity index (χ0n) is 19.0. The molecular formula is C24H33N3O4S. The molecule has 32 heavy (non-hydrogen) atoms. The van der Waals surface area contributed by atoms with Gasteiger partial charge >= 0.3 is 0 Å². The Bertz CT molecular complexity index is 887. The van der Waals surface area contributed by atoms with E-state index in [2.05, 4.69) is 10.6 Å². The lowest BCUT2D eigenvalue weighted by Crippen LogP contribution is -2.57. The number of carbonyl (C=O) groups is 3. The van der Waals surface area contributed by atoms with Gasteiger partial charge in [0.1, 0.15) is 6.04 Å². The highest BCUT2D eigenvalue weighted by Gasteiger charge is 2.73. The molecule has 2 bridgehead atoms. The second-order valence-electron chi connectivity index (χ2n) is 10.1. The highest BCUT2D eigenvalue weighted by atomic mass is 32.2. The van der Waals surface area contributed by atoms with E-state index in [0.717, 1.165) is 18.4 Å². The van der Waals surface area contributed by atoms with Crippen molar-refractivity contribution in [1.29, 1.82) is 0 Å². The molecule has 3 aliphatic heterocycles. The fourth-order valence-electron chi connectivity index (χ4n) is 5.58. The highest BCUT2D eigenvalue weighted by Crippen LogP contribution is 2.66. The van der Waals surface area contributed by atoms with Gasteiger partial charge in [0.2, 0.25) is 17.7 Å². The zero-order chi connectivity index (χ0) is 23.1. The lowest BCUT2D eigenvalue weighted by molar-refractivity contribution is -0.140. The van der Waals surface area contributed by atoms with Gasteiger partial charge in [0.25, 0.3) is 0 Å². The summed E-state index contributed by atoms with van der Waals surface area (Å²) in [7, 11) is 0. The molecule has 3 amide bonds. The number of thioether (sulfide) groups is 1. The third kappa shape index (κ3) is 4.03. The van der Waals surface area contributed by atoms with Crippen molar-refractivity contribution in [2.45, 2.75) is 68.2 Å². The minimum atomic E-state index is -0.618. The fourth-order valence-corrected chi connectivity index (χ4v) is 7.80. The molecule has 4 rings (SSSR count). The van der Waals surface area contributed by atoms with Crippen molar-refractivity contribution in [3.05, 3.63) is 35.9 Å². The maximum absolute atomic E-state index is 13.6. The zero-order valence-corrected chi connectivity index (χ0v) is 19.8. The molecule has 3 heterocycles. The maximum atomic E-state index is 13.6. The van der Waals surface area contributed by atoms with Crippen molar-refractivity contribution in [3.63, 3.8) is 0 Å². The number of fused-ring (bicyclic) bond motifs is 1. The number of aliphatic hydroxyl groups excluding tert-OH is 1. The predicted octanol–water partition coefficient (Wildman–Crippen LogP) is 1.69. The van der Waals surface area contributed by atoms with Crippen LogP contribution >= 0.6 is 11.8 Å². The molecule has 5 atom stereocenters. The van der Waals surface area contributed by atoms with Crippen molar-refractivity contribution in [2.75, 3.05) is 13.2 Å². The van der Waals surface area contributed by atoms with E-state index in [1.165, 1.54) is 0 Å². The van der Waals surface area contributed by atoms with E-state index < -0.39 is 28.2 Å². The first kappa shape index (κ1) is 23.1. The molecule has 0 saturated carbocycles. The van der Waals surface area contributed by atoms with Crippen LogP contribution < -0.4 is 10.6 Å². The Labute approximate surface area is 193 Å². The number of hydrogen-bond acceptors (Lipinski definition) is 5. The average molecular weight is 460 g/mol. The lowest BCUT2D eigenvalue weighted by atomic mass is 9.70. The molecular weight excluding hydrogens is 426 g/mol. The van der Waals surface area contributed by atoms with Crippen LogP contribution in [0.3, 0.4) is 0 Å². The summed E-state index contributed by atoms with van der Waals surface area (Å²) >= 11 is 1.66. The number of rotatable bonds is 7. The third-order valence-corrected chi connectivity index (χ3v) is 8.67. The number of benzene rings is 1. The van der Waals surface area contributed by atoms with Crippen LogP contribution in [0.5, 0.6) is 0 Å². The minimum Gasteiger partial charge on any atom is -0.396 e. The van der Waals surface area contributed by atoms with Crippen molar-refractivity contribution >= 4 is 29.5 Å². The number of hydrogen-bond donors (Lipinski definition) is 3. The summed E-state index contributed by atoms with van der Waals surface area (Å²) in [4.78, 5) is 41.9. The number of aliphatic hydroxyl groups is 1. The molecule has 2 unspecified atom stereocenters. The number of nitrogens with one attached hydrogen (secondary N) is 2. The normalized spacial score (nSPS) is 31.0. The van der Waals surface area contributed by atoms with E-state index in [-0.39, 0.29) is 29.6 Å². The molecule has 8 heteroatoms. The second-order valence-corrected chi connectivity index (χ2v) is 11.7. The van der Waals surface area contributed by atoms with E-state index in [1.807, 2.05) is 51.1 Å². The Morgan fingerprint density at radius 1 is 1.22 bits per heavy atom. The van der Waals surface area contributed by atoms with Crippen molar-refractivity contribution < 1.29 is 19.5 Å². The molecule has 1 spiro atoms. The first-order valence-electron chi connectivity index (χ1n) is 11.4. The van der Waals surface area contributed by atoms with E-state index in [9.17, 15) is 19.5 Å². The molecule has 0 radical (unpaired) electrons. The van der Waals surface area contributed by atoms with Gasteiger partial charge < -0.3 is 20.6 Å². The van der Waals surface area contributed by atoms with Gasteiger partial charge in [-0.25, -0.2) is 0 Å². The Morgan fingerprint density at radius 2 is 1.94 bits per heavy atom. The average Bonchev–Trinajstić information content (AvgIpc) is 3.37. The van der Waals surface area contributed by atoms with E-state index in [1.54, 1.807) is 16.7 Å². The third-order valence-electron chi connectivity index (χ3n) is 6.72. The SMILES string of the molecule is CC(C)(C)NC(=O)C1N(CCCO)C(=O)[C@@H]2[C@H](C(=O)NCc3ccccc3)[C@@H]3CCC12S3. The van der Waals surface area contributed by atoms with E-state index in [0.29, 0.717) is 19.5 Å². The van der Waals surface area contributed by atoms with Gasteiger partial charge in [0.05, 0.1) is 16.6 Å². The van der Waals surface area contributed by atoms with Crippen LogP contribution in [0.1, 0.15) is 45.6 Å². The van der Waals surface area contributed by atoms with Crippen LogP contribution in [-0.2, 0) is 20.9 Å². The van der Waals surface area contributed by atoms with Gasteiger partial charge in [-0.3, -0.25) is 14.4 Å². The molecule has 1 aromatic carbocycles. The smallest absolute Gasteiger partial charge is 0.244 e. The first-order valence-corrected chi connectivity index (χ1v) is 12.3.